The zero-order valence-corrected chi connectivity index (χ0v) is 18.5. The van der Waals surface area contributed by atoms with Gasteiger partial charge in [0.2, 0.25) is 0 Å². The summed E-state index contributed by atoms with van der Waals surface area (Å²) in [6.45, 7) is 4.61. The van der Waals surface area contributed by atoms with Crippen LogP contribution in [0.2, 0.25) is 5.02 Å². The average molecular weight is 449 g/mol. The number of carbonyl (C=O) groups is 1. The molecule has 1 amide bonds. The highest BCUT2D eigenvalue weighted by atomic mass is 35.5. The summed E-state index contributed by atoms with van der Waals surface area (Å²) >= 11 is 6.28. The Bertz CT molecular complexity index is 1320. The first-order valence-electron chi connectivity index (χ1n) is 10.6. The van der Waals surface area contributed by atoms with Crippen molar-refractivity contribution in [2.45, 2.75) is 26.3 Å². The molecule has 5 rings (SSSR count). The number of aryl methyl sites for hydroxylation is 1. The summed E-state index contributed by atoms with van der Waals surface area (Å²) in [4.78, 5) is 28.1. The summed E-state index contributed by atoms with van der Waals surface area (Å²) < 4.78 is 14.2. The van der Waals surface area contributed by atoms with E-state index in [1.54, 1.807) is 17.2 Å². The Morgan fingerprint density at radius 2 is 2.06 bits per heavy atom. The number of imidazole rings is 1. The van der Waals surface area contributed by atoms with Crippen LogP contribution in [0.4, 0.5) is 4.39 Å². The molecule has 2 aromatic carbocycles. The monoisotopic (exact) mass is 448 g/mol. The molecule has 0 saturated carbocycles. The second kappa shape index (κ2) is 8.02. The van der Waals surface area contributed by atoms with E-state index in [2.05, 4.69) is 16.9 Å². The molecule has 4 aromatic rings. The minimum atomic E-state index is -0.453. The Morgan fingerprint density at radius 1 is 1.22 bits per heavy atom. The lowest BCUT2D eigenvalue weighted by atomic mass is 10.00. The third-order valence-corrected chi connectivity index (χ3v) is 6.66. The number of halogens is 2. The lowest BCUT2D eigenvalue weighted by molar-refractivity contribution is 0.0714. The van der Waals surface area contributed by atoms with Crippen molar-refractivity contribution in [3.63, 3.8) is 0 Å². The van der Waals surface area contributed by atoms with Gasteiger partial charge in [-0.05, 0) is 67.3 Å². The molecule has 32 heavy (non-hydrogen) atoms. The number of fused-ring (bicyclic) bond motifs is 1. The van der Waals surface area contributed by atoms with Crippen molar-refractivity contribution in [1.82, 2.24) is 19.9 Å². The molecule has 2 aromatic heterocycles. The molecule has 5 nitrogen and oxygen atoms in total. The van der Waals surface area contributed by atoms with Gasteiger partial charge in [0.1, 0.15) is 11.6 Å². The van der Waals surface area contributed by atoms with Crippen LogP contribution in [-0.4, -0.2) is 32.3 Å². The molecule has 0 spiro atoms. The molecule has 7 heteroatoms. The van der Waals surface area contributed by atoms with Crippen LogP contribution in [0.25, 0.3) is 22.3 Å². The highest BCUT2D eigenvalue weighted by molar-refractivity contribution is 6.32. The fourth-order valence-electron chi connectivity index (χ4n) is 4.53. The maximum atomic E-state index is 14.2. The number of H-pyrrole nitrogens is 1. The SMILES string of the molecule is Cc1c(Cl)ccc2[nH]c([C@@H]3[C@@H](C)CCN3C(=O)c3cc(F)ccc3-c3ccccn3)nc12. The van der Waals surface area contributed by atoms with Crippen molar-refractivity contribution in [2.24, 2.45) is 5.92 Å². The summed E-state index contributed by atoms with van der Waals surface area (Å²) in [5.74, 6) is 0.238. The first-order chi connectivity index (χ1) is 15.4. The Kier molecular flexibility index (Phi) is 5.18. The maximum absolute atomic E-state index is 14.2. The van der Waals surface area contributed by atoms with Gasteiger partial charge in [-0.1, -0.05) is 24.6 Å². The summed E-state index contributed by atoms with van der Waals surface area (Å²) in [6, 6.07) is 13.3. The van der Waals surface area contributed by atoms with Gasteiger partial charge in [0, 0.05) is 23.3 Å². The number of nitrogens with one attached hydrogen (secondary N) is 1. The Hall–Kier alpha value is -3.25. The van der Waals surface area contributed by atoms with Gasteiger partial charge in [0.25, 0.3) is 5.91 Å². The van der Waals surface area contributed by atoms with Gasteiger partial charge in [-0.25, -0.2) is 9.37 Å². The number of carbonyl (C=O) groups excluding carboxylic acids is 1. The molecule has 1 saturated heterocycles. The van der Waals surface area contributed by atoms with Gasteiger partial charge in [0.05, 0.1) is 28.3 Å². The summed E-state index contributed by atoms with van der Waals surface area (Å²) in [5.41, 5.74) is 4.14. The normalized spacial score (nSPS) is 18.4. The molecular weight excluding hydrogens is 427 g/mol. The van der Waals surface area contributed by atoms with Crippen LogP contribution in [0.5, 0.6) is 0 Å². The number of benzene rings is 2. The molecule has 0 radical (unpaired) electrons. The lowest BCUT2D eigenvalue weighted by Gasteiger charge is -2.26. The number of aromatic amines is 1. The third-order valence-electron chi connectivity index (χ3n) is 6.25. The van der Waals surface area contributed by atoms with Crippen LogP contribution in [-0.2, 0) is 0 Å². The van der Waals surface area contributed by atoms with Crippen LogP contribution >= 0.6 is 11.6 Å². The topological polar surface area (TPSA) is 61.9 Å². The number of hydrogen-bond acceptors (Lipinski definition) is 3. The first-order valence-corrected chi connectivity index (χ1v) is 11.0. The summed E-state index contributed by atoms with van der Waals surface area (Å²) in [6.07, 6.45) is 2.50. The van der Waals surface area contributed by atoms with Gasteiger partial charge in [-0.15, -0.1) is 0 Å². The molecule has 1 aliphatic rings. The molecular formula is C25H22ClFN4O. The van der Waals surface area contributed by atoms with Gasteiger partial charge < -0.3 is 9.88 Å². The van der Waals surface area contributed by atoms with E-state index in [9.17, 15) is 9.18 Å². The number of hydrogen-bond donors (Lipinski definition) is 1. The molecule has 162 valence electrons. The number of rotatable bonds is 3. The molecule has 0 bridgehead atoms. The largest absolute Gasteiger partial charge is 0.340 e. The van der Waals surface area contributed by atoms with E-state index in [4.69, 9.17) is 16.6 Å². The molecule has 1 fully saturated rings. The average Bonchev–Trinajstić information content (AvgIpc) is 3.40. The Morgan fingerprint density at radius 3 is 2.84 bits per heavy atom. The van der Waals surface area contributed by atoms with Crippen molar-refractivity contribution < 1.29 is 9.18 Å². The van der Waals surface area contributed by atoms with E-state index in [0.29, 0.717) is 28.4 Å². The van der Waals surface area contributed by atoms with Crippen molar-refractivity contribution in [3.05, 3.63) is 82.5 Å². The first kappa shape index (κ1) is 20.6. The molecule has 1 N–H and O–H groups in total. The van der Waals surface area contributed by atoms with Gasteiger partial charge in [-0.3, -0.25) is 9.78 Å². The Labute approximate surface area is 190 Å². The standard InChI is InChI=1S/C25H22ClFN4O/c1-14-10-12-31(23(14)24-29-21-9-8-19(26)15(2)22(21)30-24)25(32)18-13-16(27)6-7-17(18)20-5-3-4-11-28-20/h3-9,11,13-14,23H,10,12H2,1-2H3,(H,29,30)/t14-,23-/m0/s1. The smallest absolute Gasteiger partial charge is 0.255 e. The molecule has 0 aliphatic carbocycles. The molecule has 1 aliphatic heterocycles. The van der Waals surface area contributed by atoms with E-state index < -0.39 is 5.82 Å². The highest BCUT2D eigenvalue weighted by Gasteiger charge is 2.38. The van der Waals surface area contributed by atoms with Crippen LogP contribution in [0.1, 0.15) is 41.1 Å². The van der Waals surface area contributed by atoms with Crippen LogP contribution in [0.15, 0.2) is 54.7 Å². The summed E-state index contributed by atoms with van der Waals surface area (Å²) in [5, 5.41) is 0.655. The highest BCUT2D eigenvalue weighted by Crippen LogP contribution is 2.39. The number of pyridine rings is 1. The van der Waals surface area contributed by atoms with E-state index in [1.165, 1.54) is 12.1 Å². The quantitative estimate of drug-likeness (QED) is 0.421. The second-order valence-electron chi connectivity index (χ2n) is 8.30. The fraction of sp³-hybridized carbons (Fsp3) is 0.240. The summed E-state index contributed by atoms with van der Waals surface area (Å²) in [7, 11) is 0. The minimum Gasteiger partial charge on any atom is -0.340 e. The van der Waals surface area contributed by atoms with Gasteiger partial charge in [0.15, 0.2) is 0 Å². The number of aromatic nitrogens is 3. The van der Waals surface area contributed by atoms with E-state index in [0.717, 1.165) is 28.8 Å². The fourth-order valence-corrected chi connectivity index (χ4v) is 4.68. The number of nitrogens with zero attached hydrogens (tertiary/aromatic N) is 3. The van der Waals surface area contributed by atoms with Crippen molar-refractivity contribution >= 4 is 28.5 Å². The number of likely N-dealkylation sites (tertiary alicyclic amines) is 1. The molecule has 3 heterocycles. The van der Waals surface area contributed by atoms with Crippen molar-refractivity contribution in [1.29, 1.82) is 0 Å². The second-order valence-corrected chi connectivity index (χ2v) is 8.71. The van der Waals surface area contributed by atoms with Gasteiger partial charge in [-0.2, -0.15) is 0 Å². The van der Waals surface area contributed by atoms with Crippen LogP contribution < -0.4 is 0 Å². The van der Waals surface area contributed by atoms with E-state index in [1.807, 2.05) is 37.3 Å². The number of amides is 1. The van der Waals surface area contributed by atoms with E-state index >= 15 is 0 Å². The van der Waals surface area contributed by atoms with E-state index in [-0.39, 0.29) is 17.9 Å². The van der Waals surface area contributed by atoms with Crippen LogP contribution in [0, 0.1) is 18.7 Å². The van der Waals surface area contributed by atoms with Crippen molar-refractivity contribution in [2.75, 3.05) is 6.54 Å². The Balaban J connectivity index is 1.57. The predicted molar refractivity (Wildman–Crippen MR) is 123 cm³/mol. The zero-order valence-electron chi connectivity index (χ0n) is 17.8. The van der Waals surface area contributed by atoms with Gasteiger partial charge >= 0.3 is 0 Å². The molecule has 0 unspecified atom stereocenters. The predicted octanol–water partition coefficient (Wildman–Crippen LogP) is 5.95. The van der Waals surface area contributed by atoms with Crippen LogP contribution in [0.3, 0.4) is 0 Å². The maximum Gasteiger partial charge on any atom is 0.255 e. The minimum absolute atomic E-state index is 0.196. The zero-order chi connectivity index (χ0) is 22.4. The third kappa shape index (κ3) is 3.45. The molecule has 2 atom stereocenters. The lowest BCUT2D eigenvalue weighted by Crippen LogP contribution is -2.33. The van der Waals surface area contributed by atoms with Crippen molar-refractivity contribution in [3.8, 4) is 11.3 Å².